The second-order valence-corrected chi connectivity index (χ2v) is 10.2. The van der Waals surface area contributed by atoms with Crippen LogP contribution < -0.4 is 0 Å². The highest BCUT2D eigenvalue weighted by atomic mass is 32.2. The lowest BCUT2D eigenvalue weighted by Gasteiger charge is -2.35. The van der Waals surface area contributed by atoms with Crippen LogP contribution in [0.2, 0.25) is 0 Å². The highest BCUT2D eigenvalue weighted by Gasteiger charge is 2.32. The average molecular weight is 424 g/mol. The summed E-state index contributed by atoms with van der Waals surface area (Å²) in [4.78, 5) is 14.8. The predicted octanol–water partition coefficient (Wildman–Crippen LogP) is 1.87. The van der Waals surface area contributed by atoms with Crippen LogP contribution in [0.5, 0.6) is 0 Å². The Morgan fingerprint density at radius 1 is 1.07 bits per heavy atom. The maximum Gasteiger partial charge on any atom is 0.243 e. The molecule has 1 amide bonds. The quantitative estimate of drug-likeness (QED) is 0.659. The van der Waals surface area contributed by atoms with E-state index < -0.39 is 10.0 Å². The first-order valence-electron chi connectivity index (χ1n) is 9.21. The summed E-state index contributed by atoms with van der Waals surface area (Å²) < 4.78 is 28.8. The fourth-order valence-corrected chi connectivity index (χ4v) is 5.51. The van der Waals surface area contributed by atoms with E-state index in [1.807, 2.05) is 25.3 Å². The topological polar surface area (TPSA) is 88.4 Å². The molecule has 0 aliphatic carbocycles. The van der Waals surface area contributed by atoms with Gasteiger partial charge in [0.15, 0.2) is 5.16 Å². The maximum atomic E-state index is 12.8. The molecule has 10 heteroatoms. The summed E-state index contributed by atoms with van der Waals surface area (Å²) in [6.45, 7) is 7.27. The van der Waals surface area contributed by atoms with Gasteiger partial charge in [-0.15, -0.1) is 10.2 Å². The number of carbonyl (C=O) groups excluding carboxylic acids is 1. The molecule has 1 atom stereocenters. The van der Waals surface area contributed by atoms with Gasteiger partial charge >= 0.3 is 0 Å². The van der Waals surface area contributed by atoms with Gasteiger partial charge in [-0.1, -0.05) is 30.0 Å². The molecule has 1 saturated heterocycles. The van der Waals surface area contributed by atoms with Crippen LogP contribution in [0.25, 0.3) is 0 Å². The van der Waals surface area contributed by atoms with E-state index in [2.05, 4.69) is 10.2 Å². The molecule has 3 rings (SSSR count). The number of thioether (sulfide) groups is 1. The first-order valence-corrected chi connectivity index (χ1v) is 11.5. The van der Waals surface area contributed by atoms with Crippen molar-refractivity contribution < 1.29 is 13.2 Å². The Labute approximate surface area is 170 Å². The lowest BCUT2D eigenvalue weighted by molar-refractivity contribution is -0.131. The lowest BCUT2D eigenvalue weighted by atomic mass is 10.3. The monoisotopic (exact) mass is 423 g/mol. The lowest BCUT2D eigenvalue weighted by Crippen LogP contribution is -2.52. The summed E-state index contributed by atoms with van der Waals surface area (Å²) in [7, 11) is -3.52. The Kier molecular flexibility index (Phi) is 6.41. The molecule has 0 spiro atoms. The van der Waals surface area contributed by atoms with Crippen molar-refractivity contribution >= 4 is 27.7 Å². The highest BCUT2D eigenvalue weighted by Crippen LogP contribution is 2.25. The van der Waals surface area contributed by atoms with Crippen molar-refractivity contribution in [2.45, 2.75) is 42.1 Å². The summed E-state index contributed by atoms with van der Waals surface area (Å²) in [6, 6.07) is 8.61. The van der Waals surface area contributed by atoms with Crippen molar-refractivity contribution in [3.63, 3.8) is 0 Å². The second kappa shape index (κ2) is 8.62. The van der Waals surface area contributed by atoms with E-state index in [1.54, 1.807) is 41.6 Å². The summed E-state index contributed by atoms with van der Waals surface area (Å²) in [5, 5.41) is 8.42. The third kappa shape index (κ3) is 4.39. The van der Waals surface area contributed by atoms with Crippen LogP contribution in [0, 0.1) is 0 Å². The zero-order valence-corrected chi connectivity index (χ0v) is 17.9. The van der Waals surface area contributed by atoms with Gasteiger partial charge in [-0.3, -0.25) is 4.79 Å². The van der Waals surface area contributed by atoms with Crippen LogP contribution in [0.3, 0.4) is 0 Å². The number of aromatic nitrogens is 3. The minimum atomic E-state index is -3.52. The zero-order valence-electron chi connectivity index (χ0n) is 16.2. The fraction of sp³-hybridized carbons (Fsp3) is 0.500. The first-order chi connectivity index (χ1) is 13.3. The number of carbonyl (C=O) groups is 1. The minimum Gasteiger partial charge on any atom is -0.339 e. The van der Waals surface area contributed by atoms with Crippen molar-refractivity contribution in [1.82, 2.24) is 24.0 Å². The van der Waals surface area contributed by atoms with E-state index in [0.717, 1.165) is 0 Å². The molecule has 0 radical (unpaired) electrons. The molecule has 152 valence electrons. The van der Waals surface area contributed by atoms with Gasteiger partial charge in [0.05, 0.1) is 10.1 Å². The van der Waals surface area contributed by atoms with Gasteiger partial charge in [-0.25, -0.2) is 8.42 Å². The number of nitrogens with zero attached hydrogens (tertiary/aromatic N) is 5. The Morgan fingerprint density at radius 2 is 1.71 bits per heavy atom. The Bertz CT molecular complexity index is 906. The molecular weight excluding hydrogens is 398 g/mol. The molecule has 0 bridgehead atoms. The Hall–Kier alpha value is -1.91. The van der Waals surface area contributed by atoms with Crippen LogP contribution in [0.15, 0.2) is 46.7 Å². The van der Waals surface area contributed by atoms with Crippen molar-refractivity contribution in [3.8, 4) is 0 Å². The third-order valence-corrected chi connectivity index (χ3v) is 7.63. The summed E-state index contributed by atoms with van der Waals surface area (Å²) in [6.07, 6.45) is 1.66. The molecule has 1 aliphatic heterocycles. The molecule has 8 nitrogen and oxygen atoms in total. The Balaban J connectivity index is 1.60. The molecule has 0 unspecified atom stereocenters. The van der Waals surface area contributed by atoms with E-state index in [1.165, 1.54) is 16.1 Å². The highest BCUT2D eigenvalue weighted by molar-refractivity contribution is 8.00. The molecule has 28 heavy (non-hydrogen) atoms. The third-order valence-electron chi connectivity index (χ3n) is 4.66. The number of piperazine rings is 1. The van der Waals surface area contributed by atoms with Gasteiger partial charge in [-0.05, 0) is 32.9 Å². The molecule has 1 aliphatic rings. The SMILES string of the molecule is CC(C)n1cnnc1S[C@H](C)C(=O)N1CCN(S(=O)(=O)c2ccccc2)CC1. The van der Waals surface area contributed by atoms with Gasteiger partial charge in [0.1, 0.15) is 6.33 Å². The van der Waals surface area contributed by atoms with E-state index in [4.69, 9.17) is 0 Å². The number of rotatable bonds is 6. The number of sulfonamides is 1. The zero-order chi connectivity index (χ0) is 20.3. The van der Waals surface area contributed by atoms with E-state index >= 15 is 0 Å². The number of amides is 1. The number of hydrogen-bond acceptors (Lipinski definition) is 6. The average Bonchev–Trinajstić information content (AvgIpc) is 3.16. The van der Waals surface area contributed by atoms with E-state index in [9.17, 15) is 13.2 Å². The number of hydrogen-bond donors (Lipinski definition) is 0. The molecule has 1 aromatic carbocycles. The first kappa shape index (κ1) is 20.8. The molecule has 2 heterocycles. The largest absolute Gasteiger partial charge is 0.339 e. The minimum absolute atomic E-state index is 0.0138. The van der Waals surface area contributed by atoms with Gasteiger partial charge in [0.2, 0.25) is 15.9 Å². The molecule has 0 saturated carbocycles. The predicted molar refractivity (Wildman–Crippen MR) is 108 cm³/mol. The van der Waals surface area contributed by atoms with Gasteiger partial charge in [0, 0.05) is 32.2 Å². The van der Waals surface area contributed by atoms with Crippen molar-refractivity contribution in [1.29, 1.82) is 0 Å². The van der Waals surface area contributed by atoms with Crippen LogP contribution in [-0.2, 0) is 14.8 Å². The van der Waals surface area contributed by atoms with Crippen LogP contribution in [-0.4, -0.2) is 69.7 Å². The molecular formula is C18H25N5O3S2. The smallest absolute Gasteiger partial charge is 0.243 e. The van der Waals surface area contributed by atoms with Gasteiger partial charge in [-0.2, -0.15) is 4.31 Å². The summed E-state index contributed by atoms with van der Waals surface area (Å²) in [5.74, 6) is -0.0138. The molecule has 1 aromatic heterocycles. The maximum absolute atomic E-state index is 12.8. The summed E-state index contributed by atoms with van der Waals surface area (Å²) >= 11 is 1.38. The second-order valence-electron chi connectivity index (χ2n) is 6.92. The van der Waals surface area contributed by atoms with Crippen LogP contribution in [0.1, 0.15) is 26.8 Å². The van der Waals surface area contributed by atoms with Gasteiger partial charge < -0.3 is 9.47 Å². The fourth-order valence-electron chi connectivity index (χ4n) is 3.03. The van der Waals surface area contributed by atoms with Crippen LogP contribution in [0.4, 0.5) is 0 Å². The van der Waals surface area contributed by atoms with Gasteiger partial charge in [0.25, 0.3) is 0 Å². The molecule has 1 fully saturated rings. The van der Waals surface area contributed by atoms with E-state index in [0.29, 0.717) is 31.3 Å². The normalized spacial score (nSPS) is 17.1. The van der Waals surface area contributed by atoms with E-state index in [-0.39, 0.29) is 22.1 Å². The van der Waals surface area contributed by atoms with Crippen molar-refractivity contribution in [2.24, 2.45) is 0 Å². The summed E-state index contributed by atoms with van der Waals surface area (Å²) in [5.41, 5.74) is 0. The molecule has 0 N–H and O–H groups in total. The van der Waals surface area contributed by atoms with Crippen LogP contribution >= 0.6 is 11.8 Å². The molecule has 2 aromatic rings. The Morgan fingerprint density at radius 3 is 2.32 bits per heavy atom. The number of benzene rings is 1. The van der Waals surface area contributed by atoms with Crippen molar-refractivity contribution in [2.75, 3.05) is 26.2 Å². The van der Waals surface area contributed by atoms with Crippen molar-refractivity contribution in [3.05, 3.63) is 36.7 Å². The standard InChI is InChI=1S/C18H25N5O3S2/c1-14(2)23-13-19-20-18(23)27-15(3)17(24)21-9-11-22(12-10-21)28(25,26)16-7-5-4-6-8-16/h4-8,13-15H,9-12H2,1-3H3/t15-/m1/s1.